The molecule has 0 saturated heterocycles. The van der Waals surface area contributed by atoms with Gasteiger partial charge in [-0.25, -0.2) is 0 Å². The molecule has 0 bridgehead atoms. The molecule has 0 aliphatic carbocycles. The zero-order valence-corrected chi connectivity index (χ0v) is 18.3. The van der Waals surface area contributed by atoms with E-state index in [9.17, 15) is 4.79 Å². The number of allylic oxidation sites excluding steroid dienone is 1. The van der Waals surface area contributed by atoms with Gasteiger partial charge in [-0.2, -0.15) is 0 Å². The van der Waals surface area contributed by atoms with Crippen LogP contribution in [0.2, 0.25) is 0 Å². The van der Waals surface area contributed by atoms with Crippen LogP contribution in [0.25, 0.3) is 0 Å². The van der Waals surface area contributed by atoms with Crippen molar-refractivity contribution in [2.24, 2.45) is 0 Å². The molecular formula is C23H26N4O2S. The summed E-state index contributed by atoms with van der Waals surface area (Å²) in [6.07, 6.45) is 1.78. The lowest BCUT2D eigenvalue weighted by atomic mass is 10.1. The van der Waals surface area contributed by atoms with E-state index >= 15 is 0 Å². The number of ether oxygens (including phenoxy) is 1. The lowest BCUT2D eigenvalue weighted by molar-refractivity contribution is -0.113. The molecule has 1 N–H and O–H groups in total. The molecule has 0 aliphatic rings. The molecule has 7 heteroatoms. The molecule has 0 saturated carbocycles. The van der Waals surface area contributed by atoms with Gasteiger partial charge in [-0.3, -0.25) is 9.36 Å². The number of nitrogens with zero attached hydrogens (tertiary/aromatic N) is 3. The van der Waals surface area contributed by atoms with Crippen molar-refractivity contribution in [3.63, 3.8) is 0 Å². The molecule has 3 aromatic rings. The summed E-state index contributed by atoms with van der Waals surface area (Å²) in [7, 11) is 0. The maximum absolute atomic E-state index is 12.4. The Kier molecular flexibility index (Phi) is 7.30. The molecule has 1 heterocycles. The Morgan fingerprint density at radius 3 is 2.73 bits per heavy atom. The number of rotatable bonds is 9. The third-order valence-electron chi connectivity index (χ3n) is 4.56. The molecule has 3 rings (SSSR count). The predicted octanol–water partition coefficient (Wildman–Crippen LogP) is 4.70. The number of para-hydroxylation sites is 1. The number of amides is 1. The summed E-state index contributed by atoms with van der Waals surface area (Å²) in [6, 6.07) is 13.8. The van der Waals surface area contributed by atoms with Crippen LogP contribution in [0.4, 0.5) is 5.69 Å². The first-order valence-corrected chi connectivity index (χ1v) is 10.7. The van der Waals surface area contributed by atoms with E-state index in [2.05, 4.69) is 22.1 Å². The van der Waals surface area contributed by atoms with Crippen LogP contribution < -0.4 is 10.1 Å². The largest absolute Gasteiger partial charge is 0.485 e. The molecule has 1 amide bonds. The van der Waals surface area contributed by atoms with Crippen molar-refractivity contribution < 1.29 is 9.53 Å². The molecule has 2 aromatic carbocycles. The minimum Gasteiger partial charge on any atom is -0.485 e. The number of thioether (sulfide) groups is 1. The monoisotopic (exact) mass is 422 g/mol. The lowest BCUT2D eigenvalue weighted by Crippen LogP contribution is -2.15. The van der Waals surface area contributed by atoms with Gasteiger partial charge < -0.3 is 10.1 Å². The van der Waals surface area contributed by atoms with Gasteiger partial charge in [-0.05, 0) is 49.6 Å². The van der Waals surface area contributed by atoms with E-state index in [1.165, 1.54) is 11.8 Å². The van der Waals surface area contributed by atoms with E-state index in [0.29, 0.717) is 24.1 Å². The number of hydrogen-bond donors (Lipinski definition) is 1. The normalized spacial score (nSPS) is 10.6. The highest BCUT2D eigenvalue weighted by molar-refractivity contribution is 7.99. The number of anilines is 1. The van der Waals surface area contributed by atoms with Gasteiger partial charge in [-0.1, -0.05) is 48.2 Å². The number of aryl methyl sites for hydroxylation is 3. The molecule has 6 nitrogen and oxygen atoms in total. The minimum absolute atomic E-state index is 0.0837. The van der Waals surface area contributed by atoms with Gasteiger partial charge in [0.2, 0.25) is 5.91 Å². The SMILES string of the molecule is C=CCn1c(COc2ccccc2C)nnc1SCC(=O)Nc1cc(C)ccc1C. The Bertz CT molecular complexity index is 1050. The predicted molar refractivity (Wildman–Crippen MR) is 121 cm³/mol. The van der Waals surface area contributed by atoms with Crippen molar-refractivity contribution in [2.45, 2.75) is 39.1 Å². The average molecular weight is 423 g/mol. The number of hydrogen-bond acceptors (Lipinski definition) is 5. The Labute approximate surface area is 181 Å². The fraction of sp³-hybridized carbons (Fsp3) is 0.261. The summed E-state index contributed by atoms with van der Waals surface area (Å²) >= 11 is 1.34. The van der Waals surface area contributed by atoms with Crippen LogP contribution >= 0.6 is 11.8 Å². The molecular weight excluding hydrogens is 396 g/mol. The maximum atomic E-state index is 12.4. The van der Waals surface area contributed by atoms with Crippen molar-refractivity contribution >= 4 is 23.4 Å². The summed E-state index contributed by atoms with van der Waals surface area (Å²) in [6.45, 7) is 10.6. The second-order valence-electron chi connectivity index (χ2n) is 7.01. The van der Waals surface area contributed by atoms with Crippen LogP contribution in [0.5, 0.6) is 5.75 Å². The van der Waals surface area contributed by atoms with Gasteiger partial charge in [0, 0.05) is 12.2 Å². The van der Waals surface area contributed by atoms with Gasteiger partial charge in [0.25, 0.3) is 0 Å². The highest BCUT2D eigenvalue weighted by Crippen LogP contribution is 2.22. The van der Waals surface area contributed by atoms with Crippen LogP contribution in [-0.4, -0.2) is 26.4 Å². The second kappa shape index (κ2) is 10.1. The van der Waals surface area contributed by atoms with Crippen molar-refractivity contribution in [3.8, 4) is 5.75 Å². The number of benzene rings is 2. The molecule has 0 spiro atoms. The Balaban J connectivity index is 1.64. The van der Waals surface area contributed by atoms with E-state index in [4.69, 9.17) is 4.74 Å². The maximum Gasteiger partial charge on any atom is 0.234 e. The fourth-order valence-corrected chi connectivity index (χ4v) is 3.66. The summed E-state index contributed by atoms with van der Waals surface area (Å²) in [5.41, 5.74) is 4.03. The van der Waals surface area contributed by atoms with Crippen LogP contribution in [0, 0.1) is 20.8 Å². The van der Waals surface area contributed by atoms with Crippen LogP contribution in [-0.2, 0) is 17.9 Å². The second-order valence-corrected chi connectivity index (χ2v) is 7.95. The van der Waals surface area contributed by atoms with Crippen molar-refractivity contribution in [2.75, 3.05) is 11.1 Å². The van der Waals surface area contributed by atoms with E-state index < -0.39 is 0 Å². The first-order chi connectivity index (χ1) is 14.5. The van der Waals surface area contributed by atoms with Gasteiger partial charge in [-0.15, -0.1) is 16.8 Å². The van der Waals surface area contributed by atoms with Crippen molar-refractivity contribution in [1.29, 1.82) is 0 Å². The van der Waals surface area contributed by atoms with Gasteiger partial charge >= 0.3 is 0 Å². The van der Waals surface area contributed by atoms with E-state index in [0.717, 1.165) is 28.1 Å². The first kappa shape index (κ1) is 21.6. The highest BCUT2D eigenvalue weighted by atomic mass is 32.2. The quantitative estimate of drug-likeness (QED) is 0.400. The van der Waals surface area contributed by atoms with E-state index in [1.54, 1.807) is 6.08 Å². The van der Waals surface area contributed by atoms with Crippen LogP contribution in [0.15, 0.2) is 60.3 Å². The topological polar surface area (TPSA) is 69.0 Å². The van der Waals surface area contributed by atoms with E-state index in [-0.39, 0.29) is 11.7 Å². The summed E-state index contributed by atoms with van der Waals surface area (Å²) in [5, 5.41) is 12.1. The first-order valence-electron chi connectivity index (χ1n) is 9.69. The standard InChI is InChI=1S/C23H26N4O2S/c1-5-12-27-21(14-29-20-9-7-6-8-18(20)4)25-26-23(27)30-15-22(28)24-19-13-16(2)10-11-17(19)3/h5-11,13H,1,12,14-15H2,2-4H3,(H,24,28). The Morgan fingerprint density at radius 1 is 1.17 bits per heavy atom. The smallest absolute Gasteiger partial charge is 0.234 e. The molecule has 30 heavy (non-hydrogen) atoms. The lowest BCUT2D eigenvalue weighted by Gasteiger charge is -2.11. The highest BCUT2D eigenvalue weighted by Gasteiger charge is 2.15. The van der Waals surface area contributed by atoms with Crippen LogP contribution in [0.1, 0.15) is 22.5 Å². The fourth-order valence-electron chi connectivity index (χ4n) is 2.89. The number of nitrogens with one attached hydrogen (secondary N) is 1. The van der Waals surface area contributed by atoms with Crippen molar-refractivity contribution in [3.05, 3.63) is 77.6 Å². The third-order valence-corrected chi connectivity index (χ3v) is 5.52. The molecule has 0 atom stereocenters. The summed E-state index contributed by atoms with van der Waals surface area (Å²) in [5.74, 6) is 1.66. The Morgan fingerprint density at radius 2 is 1.97 bits per heavy atom. The summed E-state index contributed by atoms with van der Waals surface area (Å²) < 4.78 is 7.82. The molecule has 0 aliphatic heterocycles. The minimum atomic E-state index is -0.0837. The Hall–Kier alpha value is -3.06. The zero-order valence-electron chi connectivity index (χ0n) is 17.5. The number of carbonyl (C=O) groups is 1. The molecule has 0 radical (unpaired) electrons. The average Bonchev–Trinajstić information content (AvgIpc) is 3.10. The molecule has 1 aromatic heterocycles. The number of aromatic nitrogens is 3. The van der Waals surface area contributed by atoms with Crippen molar-refractivity contribution in [1.82, 2.24) is 14.8 Å². The van der Waals surface area contributed by atoms with Crippen LogP contribution in [0.3, 0.4) is 0 Å². The molecule has 0 fully saturated rings. The molecule has 0 unspecified atom stereocenters. The van der Waals surface area contributed by atoms with Gasteiger partial charge in [0.05, 0.1) is 5.75 Å². The molecule has 156 valence electrons. The summed E-state index contributed by atoms with van der Waals surface area (Å²) in [4.78, 5) is 12.4. The number of carbonyl (C=O) groups excluding carboxylic acids is 1. The third kappa shape index (κ3) is 5.51. The van der Waals surface area contributed by atoms with Gasteiger partial charge in [0.15, 0.2) is 11.0 Å². The van der Waals surface area contributed by atoms with E-state index in [1.807, 2.05) is 67.8 Å². The zero-order chi connectivity index (χ0) is 21.5. The van der Waals surface area contributed by atoms with Gasteiger partial charge in [0.1, 0.15) is 12.4 Å².